The van der Waals surface area contributed by atoms with Gasteiger partial charge in [0.15, 0.2) is 4.80 Å². The van der Waals surface area contributed by atoms with E-state index >= 15 is 0 Å². The third-order valence-electron chi connectivity index (χ3n) is 5.76. The lowest BCUT2D eigenvalue weighted by Gasteiger charge is -2.25. The van der Waals surface area contributed by atoms with Gasteiger partial charge in [-0.25, -0.2) is 9.79 Å². The van der Waals surface area contributed by atoms with Crippen LogP contribution in [0.25, 0.3) is 6.08 Å². The number of halogens is 2. The molecule has 3 aromatic rings. The number of carbonyl (C=O) groups is 1. The van der Waals surface area contributed by atoms with Crippen molar-refractivity contribution >= 4 is 74.3 Å². The van der Waals surface area contributed by atoms with Crippen molar-refractivity contribution < 1.29 is 14.3 Å². The fourth-order valence-corrected chi connectivity index (χ4v) is 7.37. The second-order valence-corrected chi connectivity index (χ2v) is 11.6. The fraction of sp³-hybridized carbons (Fsp3) is 0.269. The fourth-order valence-electron chi connectivity index (χ4n) is 4.07. The molecule has 1 atom stereocenters. The topological polar surface area (TPSA) is 73.1 Å². The van der Waals surface area contributed by atoms with Gasteiger partial charge < -0.3 is 14.4 Å². The first kappa shape index (κ1) is 26.9. The highest BCUT2D eigenvalue weighted by molar-refractivity contribution is 14.1. The van der Waals surface area contributed by atoms with E-state index in [2.05, 4.69) is 50.2 Å². The van der Waals surface area contributed by atoms with Crippen LogP contribution >= 0.6 is 56.5 Å². The highest BCUT2D eigenvalue weighted by atomic mass is 127. The molecule has 0 radical (unpaired) electrons. The average Bonchev–Trinajstić information content (AvgIpc) is 3.12. The maximum absolute atomic E-state index is 13.8. The Bertz CT molecular complexity index is 1520. The molecular formula is C26H25I2N3O4S. The number of anilines is 1. The van der Waals surface area contributed by atoms with Gasteiger partial charge in [0.1, 0.15) is 5.75 Å². The summed E-state index contributed by atoms with van der Waals surface area (Å²) in [4.78, 5) is 34.0. The molecule has 0 aliphatic carbocycles. The van der Waals surface area contributed by atoms with E-state index in [1.165, 1.54) is 11.3 Å². The molecule has 2 heterocycles. The summed E-state index contributed by atoms with van der Waals surface area (Å²) in [5, 5.41) is 0. The van der Waals surface area contributed by atoms with Gasteiger partial charge >= 0.3 is 5.97 Å². The molecule has 1 aromatic heterocycles. The van der Waals surface area contributed by atoms with Crippen LogP contribution in [0.4, 0.5) is 5.69 Å². The summed E-state index contributed by atoms with van der Waals surface area (Å²) in [5.41, 5.74) is 3.46. The largest absolute Gasteiger partial charge is 0.495 e. The van der Waals surface area contributed by atoms with E-state index < -0.39 is 12.0 Å². The first-order valence-electron chi connectivity index (χ1n) is 11.2. The van der Waals surface area contributed by atoms with Crippen LogP contribution in [0.1, 0.15) is 31.0 Å². The number of methoxy groups -OCH3 is 1. The van der Waals surface area contributed by atoms with Crippen molar-refractivity contribution in [3.63, 3.8) is 0 Å². The van der Waals surface area contributed by atoms with Gasteiger partial charge in [0.25, 0.3) is 5.56 Å². The molecule has 0 fully saturated rings. The van der Waals surface area contributed by atoms with E-state index in [0.29, 0.717) is 20.6 Å². The second-order valence-electron chi connectivity index (χ2n) is 8.31. The standard InChI is InChI=1S/C26H25I2N3O4S/c1-6-35-25(33)21-14(2)29-26-31(22(21)16-7-9-17(10-8-16)30(3)4)24(32)20(36-26)13-15-11-18(27)23(34-5)19(28)12-15/h7-13,22H,6H2,1-5H3. The molecule has 1 aliphatic heterocycles. The minimum atomic E-state index is -0.630. The van der Waals surface area contributed by atoms with Crippen LogP contribution in [-0.4, -0.2) is 38.3 Å². The summed E-state index contributed by atoms with van der Waals surface area (Å²) in [7, 11) is 5.58. The Balaban J connectivity index is 1.93. The molecule has 36 heavy (non-hydrogen) atoms. The predicted octanol–water partition coefficient (Wildman–Crippen LogP) is 4.08. The molecule has 2 aromatic carbocycles. The van der Waals surface area contributed by atoms with Crippen LogP contribution < -0.4 is 24.5 Å². The lowest BCUT2D eigenvalue weighted by molar-refractivity contribution is -0.139. The number of fused-ring (bicyclic) bond motifs is 1. The molecule has 1 unspecified atom stereocenters. The van der Waals surface area contributed by atoms with Crippen molar-refractivity contribution in [3.05, 3.63) is 85.6 Å². The number of carbonyl (C=O) groups excluding carboxylic acids is 1. The van der Waals surface area contributed by atoms with Crippen LogP contribution in [-0.2, 0) is 9.53 Å². The molecule has 7 nitrogen and oxygen atoms in total. The lowest BCUT2D eigenvalue weighted by Crippen LogP contribution is -2.39. The molecule has 0 amide bonds. The predicted molar refractivity (Wildman–Crippen MR) is 160 cm³/mol. The van der Waals surface area contributed by atoms with E-state index in [0.717, 1.165) is 29.7 Å². The quantitative estimate of drug-likeness (QED) is 0.283. The molecule has 1 aliphatic rings. The van der Waals surface area contributed by atoms with Crippen LogP contribution in [0.3, 0.4) is 0 Å². The zero-order valence-corrected chi connectivity index (χ0v) is 25.6. The number of nitrogens with zero attached hydrogens (tertiary/aromatic N) is 3. The summed E-state index contributed by atoms with van der Waals surface area (Å²) in [5.74, 6) is 0.347. The number of hydrogen-bond acceptors (Lipinski definition) is 7. The number of ether oxygens (including phenoxy) is 2. The van der Waals surface area contributed by atoms with Crippen LogP contribution in [0.2, 0.25) is 0 Å². The third kappa shape index (κ3) is 5.12. The minimum Gasteiger partial charge on any atom is -0.495 e. The van der Waals surface area contributed by atoms with Gasteiger partial charge in [-0.15, -0.1) is 0 Å². The molecule has 0 bridgehead atoms. The number of thiazole rings is 1. The number of rotatable bonds is 6. The van der Waals surface area contributed by atoms with Gasteiger partial charge in [0, 0.05) is 19.8 Å². The molecule has 0 spiro atoms. The van der Waals surface area contributed by atoms with Crippen molar-refractivity contribution in [2.75, 3.05) is 32.7 Å². The van der Waals surface area contributed by atoms with Gasteiger partial charge in [0.05, 0.1) is 42.7 Å². The summed E-state index contributed by atoms with van der Waals surface area (Å²) < 4.78 is 14.9. The Morgan fingerprint density at radius 2 is 1.83 bits per heavy atom. The Hall–Kier alpha value is -2.19. The molecule has 0 saturated heterocycles. The molecule has 188 valence electrons. The first-order chi connectivity index (χ1) is 17.2. The van der Waals surface area contributed by atoms with Crippen molar-refractivity contribution in [2.24, 2.45) is 4.99 Å². The monoisotopic (exact) mass is 729 g/mol. The van der Waals surface area contributed by atoms with E-state index in [1.807, 2.05) is 61.5 Å². The van der Waals surface area contributed by atoms with E-state index in [-0.39, 0.29) is 12.2 Å². The number of aromatic nitrogens is 1. The minimum absolute atomic E-state index is 0.199. The van der Waals surface area contributed by atoms with E-state index in [1.54, 1.807) is 25.5 Å². The van der Waals surface area contributed by atoms with Crippen molar-refractivity contribution in [2.45, 2.75) is 19.9 Å². The van der Waals surface area contributed by atoms with Gasteiger partial charge in [-0.1, -0.05) is 23.5 Å². The van der Waals surface area contributed by atoms with Crippen molar-refractivity contribution in [3.8, 4) is 5.75 Å². The second kappa shape index (κ2) is 11.1. The van der Waals surface area contributed by atoms with E-state index in [4.69, 9.17) is 9.47 Å². The zero-order valence-electron chi connectivity index (χ0n) is 20.5. The van der Waals surface area contributed by atoms with Gasteiger partial charge in [-0.2, -0.15) is 0 Å². The molecule has 0 N–H and O–H groups in total. The average molecular weight is 729 g/mol. The highest BCUT2D eigenvalue weighted by Crippen LogP contribution is 2.32. The molecule has 4 rings (SSSR count). The van der Waals surface area contributed by atoms with Crippen molar-refractivity contribution in [1.82, 2.24) is 4.57 Å². The van der Waals surface area contributed by atoms with Gasteiger partial charge in [-0.3, -0.25) is 9.36 Å². The zero-order chi connectivity index (χ0) is 26.1. The Morgan fingerprint density at radius 1 is 1.19 bits per heavy atom. The third-order valence-corrected chi connectivity index (χ3v) is 8.35. The Labute approximate surface area is 240 Å². The highest BCUT2D eigenvalue weighted by Gasteiger charge is 2.33. The van der Waals surface area contributed by atoms with Crippen LogP contribution in [0.5, 0.6) is 5.75 Å². The molecule has 0 saturated carbocycles. The van der Waals surface area contributed by atoms with Gasteiger partial charge in [-0.05, 0) is 100 Å². The summed E-state index contributed by atoms with van der Waals surface area (Å²) in [6, 6.07) is 11.2. The number of allylic oxidation sites excluding steroid dienone is 1. The van der Waals surface area contributed by atoms with Gasteiger partial charge in [0.2, 0.25) is 0 Å². The maximum atomic E-state index is 13.8. The summed E-state index contributed by atoms with van der Waals surface area (Å²) in [6.07, 6.45) is 1.86. The normalized spacial score (nSPS) is 15.4. The number of benzene rings is 2. The lowest BCUT2D eigenvalue weighted by atomic mass is 9.95. The molecule has 10 heteroatoms. The van der Waals surface area contributed by atoms with E-state index in [9.17, 15) is 9.59 Å². The summed E-state index contributed by atoms with van der Waals surface area (Å²) >= 11 is 5.77. The van der Waals surface area contributed by atoms with Crippen molar-refractivity contribution in [1.29, 1.82) is 0 Å². The number of hydrogen-bond donors (Lipinski definition) is 0. The smallest absolute Gasteiger partial charge is 0.338 e. The first-order valence-corrected chi connectivity index (χ1v) is 14.1. The molecular weight excluding hydrogens is 704 g/mol. The summed E-state index contributed by atoms with van der Waals surface area (Å²) in [6.45, 7) is 3.79. The number of esters is 1. The van der Waals surface area contributed by atoms with Crippen LogP contribution in [0.15, 0.2) is 57.5 Å². The SMILES string of the molecule is CCOC(=O)C1=C(C)N=c2sc(=Cc3cc(I)c(OC)c(I)c3)c(=O)n2C1c1ccc(N(C)C)cc1. The Kier molecular flexibility index (Phi) is 8.25. The van der Waals surface area contributed by atoms with Crippen LogP contribution in [0, 0.1) is 7.14 Å². The Morgan fingerprint density at radius 3 is 2.39 bits per heavy atom. The maximum Gasteiger partial charge on any atom is 0.338 e.